The van der Waals surface area contributed by atoms with E-state index < -0.39 is 23.5 Å². The number of Topliss-reactive ketones (excluding diaryl/α,β-unsaturated/α-hetero) is 1. The van der Waals surface area contributed by atoms with Crippen LogP contribution in [0.1, 0.15) is 28.3 Å². The van der Waals surface area contributed by atoms with Gasteiger partial charge in [0.2, 0.25) is 5.78 Å². The van der Waals surface area contributed by atoms with Gasteiger partial charge in [0.1, 0.15) is 25.4 Å². The lowest BCUT2D eigenvalue weighted by atomic mass is 9.95. The highest BCUT2D eigenvalue weighted by atomic mass is 16.5. The van der Waals surface area contributed by atoms with Crippen LogP contribution in [0.15, 0.2) is 78.4 Å². The number of anilines is 1. The quantitative estimate of drug-likeness (QED) is 0.246. The number of likely N-dealkylation sites (tertiary alicyclic amines) is 1. The van der Waals surface area contributed by atoms with Crippen molar-refractivity contribution in [3.8, 4) is 5.75 Å². The minimum absolute atomic E-state index is 0.00184. The lowest BCUT2D eigenvalue weighted by Gasteiger charge is -2.30. The van der Waals surface area contributed by atoms with Crippen LogP contribution in [0, 0.1) is 6.92 Å². The van der Waals surface area contributed by atoms with Gasteiger partial charge in [0.15, 0.2) is 0 Å². The zero-order valence-corrected chi connectivity index (χ0v) is 23.9. The summed E-state index contributed by atoms with van der Waals surface area (Å²) in [7, 11) is 3.90. The molecule has 8 nitrogen and oxygen atoms in total. The van der Waals surface area contributed by atoms with E-state index in [0.29, 0.717) is 44.2 Å². The van der Waals surface area contributed by atoms with Crippen molar-refractivity contribution in [1.82, 2.24) is 4.90 Å². The fraction of sp³-hybridized carbons (Fsp3) is 0.333. The summed E-state index contributed by atoms with van der Waals surface area (Å²) in [5.41, 5.74) is 4.29. The highest BCUT2D eigenvalue weighted by molar-refractivity contribution is 6.46. The van der Waals surface area contributed by atoms with Gasteiger partial charge in [-0.1, -0.05) is 59.9 Å². The Labute approximate surface area is 241 Å². The van der Waals surface area contributed by atoms with Crippen molar-refractivity contribution in [1.29, 1.82) is 0 Å². The number of morpholine rings is 1. The molecule has 0 aromatic heterocycles. The predicted molar refractivity (Wildman–Crippen MR) is 155 cm³/mol. The van der Waals surface area contributed by atoms with Crippen LogP contribution in [-0.2, 0) is 20.9 Å². The average Bonchev–Trinajstić information content (AvgIpc) is 3.24. The lowest BCUT2D eigenvalue weighted by Crippen LogP contribution is -3.14. The summed E-state index contributed by atoms with van der Waals surface area (Å²) in [6, 6.07) is 21.8. The largest absolute Gasteiger partial charge is 0.872 e. The molecule has 0 spiro atoms. The van der Waals surface area contributed by atoms with Crippen molar-refractivity contribution in [2.75, 3.05) is 58.4 Å². The second-order valence-electron chi connectivity index (χ2n) is 10.9. The van der Waals surface area contributed by atoms with E-state index in [1.54, 1.807) is 29.2 Å². The molecule has 2 heterocycles. The molecular weight excluding hydrogens is 518 g/mol. The molecule has 3 aromatic carbocycles. The van der Waals surface area contributed by atoms with Crippen molar-refractivity contribution in [2.24, 2.45) is 0 Å². The molecule has 0 bridgehead atoms. The second kappa shape index (κ2) is 12.6. The van der Waals surface area contributed by atoms with Crippen molar-refractivity contribution >= 4 is 23.1 Å². The average molecular weight is 556 g/mol. The van der Waals surface area contributed by atoms with Gasteiger partial charge in [-0.05, 0) is 47.9 Å². The molecule has 214 valence electrons. The van der Waals surface area contributed by atoms with Crippen molar-refractivity contribution in [3.63, 3.8) is 0 Å². The maximum atomic E-state index is 13.8. The Morgan fingerprint density at radius 1 is 1.02 bits per heavy atom. The normalized spacial score (nSPS) is 19.0. The molecule has 2 saturated heterocycles. The Hall–Kier alpha value is -4.14. The molecule has 41 heavy (non-hydrogen) atoms. The number of nitrogens with one attached hydrogen (secondary N) is 1. The minimum Gasteiger partial charge on any atom is -0.872 e. The van der Waals surface area contributed by atoms with Crippen LogP contribution < -0.4 is 19.6 Å². The van der Waals surface area contributed by atoms with E-state index in [-0.39, 0.29) is 5.57 Å². The minimum atomic E-state index is -0.739. The highest BCUT2D eigenvalue weighted by Crippen LogP contribution is 2.39. The number of ether oxygens (including phenoxy) is 2. The fourth-order valence-electron chi connectivity index (χ4n) is 5.42. The third-order valence-corrected chi connectivity index (χ3v) is 7.77. The number of carbonyl (C=O) groups is 2. The van der Waals surface area contributed by atoms with Gasteiger partial charge in [-0.2, -0.15) is 0 Å². The maximum Gasteiger partial charge on any atom is 0.295 e. The van der Waals surface area contributed by atoms with Crippen LogP contribution in [0.4, 0.5) is 5.69 Å². The lowest BCUT2D eigenvalue weighted by molar-refractivity contribution is -0.907. The first-order valence-corrected chi connectivity index (χ1v) is 14.1. The van der Waals surface area contributed by atoms with Gasteiger partial charge in [0.05, 0.1) is 32.3 Å². The van der Waals surface area contributed by atoms with E-state index in [4.69, 9.17) is 9.47 Å². The Morgan fingerprint density at radius 3 is 2.39 bits per heavy atom. The first-order valence-electron chi connectivity index (χ1n) is 14.1. The number of rotatable bonds is 9. The van der Waals surface area contributed by atoms with Gasteiger partial charge in [0, 0.05) is 25.4 Å². The number of aryl methyl sites for hydroxylation is 1. The van der Waals surface area contributed by atoms with Crippen molar-refractivity contribution in [3.05, 3.63) is 101 Å². The summed E-state index contributed by atoms with van der Waals surface area (Å²) in [5.74, 6) is -1.17. The van der Waals surface area contributed by atoms with Crippen LogP contribution in [0.3, 0.4) is 0 Å². The predicted octanol–water partition coefficient (Wildman–Crippen LogP) is 1.78. The van der Waals surface area contributed by atoms with E-state index in [2.05, 4.69) is 6.07 Å². The third-order valence-electron chi connectivity index (χ3n) is 7.77. The molecule has 2 aliphatic rings. The second-order valence-corrected chi connectivity index (χ2v) is 10.9. The van der Waals surface area contributed by atoms with Gasteiger partial charge >= 0.3 is 0 Å². The molecular formula is C33H37N3O5. The smallest absolute Gasteiger partial charge is 0.295 e. The van der Waals surface area contributed by atoms with Gasteiger partial charge in [-0.25, -0.2) is 0 Å². The molecule has 3 aromatic rings. The Balaban J connectivity index is 1.42. The van der Waals surface area contributed by atoms with Crippen LogP contribution in [-0.4, -0.2) is 70.1 Å². The van der Waals surface area contributed by atoms with Crippen LogP contribution in [0.5, 0.6) is 5.75 Å². The summed E-state index contributed by atoms with van der Waals surface area (Å²) in [6.07, 6.45) is 0. The topological polar surface area (TPSA) is 86.6 Å². The van der Waals surface area contributed by atoms with Gasteiger partial charge in [-0.3, -0.25) is 9.59 Å². The molecule has 1 amide bonds. The van der Waals surface area contributed by atoms with Crippen molar-refractivity contribution in [2.45, 2.75) is 19.6 Å². The number of hydrogen-bond acceptors (Lipinski definition) is 6. The maximum absolute atomic E-state index is 13.8. The zero-order valence-electron chi connectivity index (χ0n) is 23.9. The Morgan fingerprint density at radius 2 is 1.73 bits per heavy atom. The standard InChI is InChI=1S/C33H37N3O5/c1-23-5-4-6-24(21-23)22-41-28-13-9-26(10-14-28)31(37)29-30(25-7-11-27(12-8-25)34(2)3)36(33(39)32(29)38)16-15-35-17-19-40-20-18-35/h4-14,21,30,37H,15-20,22H2,1-3H3. The summed E-state index contributed by atoms with van der Waals surface area (Å²) >= 11 is 0. The molecule has 1 atom stereocenters. The molecule has 2 aliphatic heterocycles. The number of amides is 1. The van der Waals surface area contributed by atoms with E-state index >= 15 is 0 Å². The first kappa shape index (κ1) is 28.4. The number of benzene rings is 3. The molecule has 2 fully saturated rings. The Kier molecular flexibility index (Phi) is 8.71. The van der Waals surface area contributed by atoms with Crippen LogP contribution >= 0.6 is 0 Å². The van der Waals surface area contributed by atoms with Gasteiger partial charge < -0.3 is 29.3 Å². The Bertz CT molecular complexity index is 1410. The van der Waals surface area contributed by atoms with Crippen LogP contribution in [0.25, 0.3) is 5.76 Å². The SMILES string of the molecule is Cc1cccc(COc2ccc(C([O-])=C3C(=O)C(=O)N(CC[NH+]4CCOCC4)C3c3ccc(N(C)C)cc3)cc2)c1. The fourth-order valence-corrected chi connectivity index (χ4v) is 5.42. The molecule has 0 radical (unpaired) electrons. The number of nitrogens with zero attached hydrogens (tertiary/aromatic N) is 2. The monoisotopic (exact) mass is 555 g/mol. The molecule has 1 N–H and O–H groups in total. The first-order chi connectivity index (χ1) is 19.8. The third kappa shape index (κ3) is 6.45. The summed E-state index contributed by atoms with van der Waals surface area (Å²) in [4.78, 5) is 31.6. The van der Waals surface area contributed by atoms with Gasteiger partial charge in [0.25, 0.3) is 5.91 Å². The number of hydrogen-bond donors (Lipinski definition) is 1. The summed E-state index contributed by atoms with van der Waals surface area (Å²) in [5, 5.41) is 13.8. The zero-order chi connectivity index (χ0) is 28.9. The molecule has 0 aliphatic carbocycles. The van der Waals surface area contributed by atoms with E-state index in [9.17, 15) is 14.7 Å². The molecule has 1 unspecified atom stereocenters. The molecule has 5 rings (SSSR count). The molecule has 8 heteroatoms. The highest BCUT2D eigenvalue weighted by Gasteiger charge is 2.44. The van der Waals surface area contributed by atoms with Crippen molar-refractivity contribution < 1.29 is 29.1 Å². The molecule has 0 saturated carbocycles. The summed E-state index contributed by atoms with van der Waals surface area (Å²) in [6.45, 7) is 6.57. The number of quaternary nitrogens is 1. The van der Waals surface area contributed by atoms with E-state index in [0.717, 1.165) is 35.5 Å². The van der Waals surface area contributed by atoms with E-state index in [1.807, 2.05) is 68.4 Å². The number of carbonyl (C=O) groups excluding carboxylic acids is 2. The van der Waals surface area contributed by atoms with E-state index in [1.165, 1.54) is 4.90 Å². The summed E-state index contributed by atoms with van der Waals surface area (Å²) < 4.78 is 11.4. The number of ketones is 1. The van der Waals surface area contributed by atoms with Crippen LogP contribution in [0.2, 0.25) is 0 Å². The van der Waals surface area contributed by atoms with Gasteiger partial charge in [-0.15, -0.1) is 0 Å².